The van der Waals surface area contributed by atoms with Crippen molar-refractivity contribution < 1.29 is 13.8 Å². The molecule has 0 saturated heterocycles. The third-order valence-electron chi connectivity index (χ3n) is 4.66. The first-order valence-electron chi connectivity index (χ1n) is 7.81. The van der Waals surface area contributed by atoms with Gasteiger partial charge >= 0.3 is 0 Å². The van der Waals surface area contributed by atoms with Gasteiger partial charge in [-0.1, -0.05) is 11.6 Å². The monoisotopic (exact) mass is 358 g/mol. The molecule has 0 bridgehead atoms. The van der Waals surface area contributed by atoms with E-state index < -0.39 is 0 Å². The van der Waals surface area contributed by atoms with E-state index in [1.165, 1.54) is 0 Å². The van der Waals surface area contributed by atoms with Crippen LogP contribution in [0, 0.1) is 6.92 Å². The van der Waals surface area contributed by atoms with Gasteiger partial charge < -0.3 is 13.8 Å². The molecule has 0 aromatic heterocycles. The zero-order chi connectivity index (χ0) is 17.0. The molecule has 0 N–H and O–H groups in total. The second kappa shape index (κ2) is 7.89. The Balaban J connectivity index is 2.41. The third-order valence-corrected chi connectivity index (χ3v) is 5.04. The van der Waals surface area contributed by atoms with Crippen LogP contribution < -0.4 is 4.29 Å². The van der Waals surface area contributed by atoms with Gasteiger partial charge in [-0.25, -0.2) is 0 Å². The molecule has 1 aromatic rings. The van der Waals surface area contributed by atoms with Crippen LogP contribution in [-0.4, -0.2) is 25.9 Å². The van der Waals surface area contributed by atoms with E-state index in [4.69, 9.17) is 37.2 Å². The summed E-state index contributed by atoms with van der Waals surface area (Å²) < 4.78 is 16.4. The van der Waals surface area contributed by atoms with Crippen molar-refractivity contribution in [3.05, 3.63) is 34.4 Å². The van der Waals surface area contributed by atoms with Crippen LogP contribution in [0.25, 0.3) is 5.57 Å². The van der Waals surface area contributed by atoms with Crippen LogP contribution in [0.1, 0.15) is 43.7 Å². The highest BCUT2D eigenvalue weighted by Gasteiger charge is 2.35. The third kappa shape index (κ3) is 4.21. The van der Waals surface area contributed by atoms with E-state index in [0.29, 0.717) is 10.8 Å². The van der Waals surface area contributed by atoms with Crippen LogP contribution in [-0.2, 0) is 9.47 Å². The summed E-state index contributed by atoms with van der Waals surface area (Å²) in [5.74, 6) is 0.566. The molecule has 2 rings (SSSR count). The molecule has 2 atom stereocenters. The maximum Gasteiger partial charge on any atom is 0.155 e. The van der Waals surface area contributed by atoms with E-state index in [2.05, 4.69) is 6.08 Å². The molecule has 23 heavy (non-hydrogen) atoms. The summed E-state index contributed by atoms with van der Waals surface area (Å²) >= 11 is 11.7. The number of ether oxygens (including phenoxy) is 2. The molecule has 0 spiro atoms. The van der Waals surface area contributed by atoms with Gasteiger partial charge in [-0.2, -0.15) is 0 Å². The zero-order valence-corrected chi connectivity index (χ0v) is 15.6. The fourth-order valence-electron chi connectivity index (χ4n) is 3.54. The number of benzene rings is 1. The van der Waals surface area contributed by atoms with E-state index in [1.807, 2.05) is 19.9 Å². The highest BCUT2D eigenvalue weighted by Crippen LogP contribution is 2.39. The maximum absolute atomic E-state index is 6.09. The Bertz CT molecular complexity index is 586. The summed E-state index contributed by atoms with van der Waals surface area (Å²) in [6, 6.07) is 3.64. The first-order valence-corrected chi connectivity index (χ1v) is 8.50. The minimum atomic E-state index is -0.321. The minimum absolute atomic E-state index is 0.225. The second-order valence-corrected chi connectivity index (χ2v) is 6.81. The molecule has 0 heterocycles. The van der Waals surface area contributed by atoms with Crippen molar-refractivity contribution in [1.82, 2.24) is 0 Å². The zero-order valence-electron chi connectivity index (χ0n) is 14.1. The number of methoxy groups -OCH3 is 2. The smallest absolute Gasteiger partial charge is 0.155 e. The Kier molecular flexibility index (Phi) is 6.38. The summed E-state index contributed by atoms with van der Waals surface area (Å²) in [6.45, 7) is 4.04. The Labute approximate surface area is 148 Å². The first kappa shape index (κ1) is 18.6. The molecule has 1 saturated carbocycles. The summed E-state index contributed by atoms with van der Waals surface area (Å²) in [7, 11) is 3.52. The lowest BCUT2D eigenvalue weighted by molar-refractivity contribution is -0.0543. The van der Waals surface area contributed by atoms with Crippen molar-refractivity contribution in [2.75, 3.05) is 14.2 Å². The molecule has 3 nitrogen and oxygen atoms in total. The topological polar surface area (TPSA) is 27.7 Å². The quantitative estimate of drug-likeness (QED) is 0.689. The largest absolute Gasteiger partial charge is 0.385 e. The van der Waals surface area contributed by atoms with Gasteiger partial charge in [-0.05, 0) is 56.4 Å². The van der Waals surface area contributed by atoms with Crippen molar-refractivity contribution in [3.63, 3.8) is 0 Å². The number of hydrogen-bond acceptors (Lipinski definition) is 3. The predicted octanol–water partition coefficient (Wildman–Crippen LogP) is 5.56. The van der Waals surface area contributed by atoms with Crippen LogP contribution in [0.4, 0.5) is 0 Å². The SMILES string of the molecule is COC1CCCC(/C=C(\C)c2c(C)cc(Cl)cc2OCl)(OC)C1. The molecule has 1 aliphatic carbocycles. The molecule has 0 aliphatic heterocycles. The van der Waals surface area contributed by atoms with Crippen LogP contribution >= 0.6 is 23.5 Å². The summed E-state index contributed by atoms with van der Waals surface area (Å²) in [5.41, 5.74) is 2.72. The molecule has 5 heteroatoms. The van der Waals surface area contributed by atoms with Gasteiger partial charge in [0.25, 0.3) is 0 Å². The van der Waals surface area contributed by atoms with E-state index in [0.717, 1.165) is 42.4 Å². The lowest BCUT2D eigenvalue weighted by Crippen LogP contribution is -2.38. The van der Waals surface area contributed by atoms with Crippen LogP contribution in [0.2, 0.25) is 5.02 Å². The molecule has 0 amide bonds. The van der Waals surface area contributed by atoms with Crippen molar-refractivity contribution in [3.8, 4) is 5.75 Å². The molecule has 1 aliphatic rings. The van der Waals surface area contributed by atoms with Gasteiger partial charge in [0.2, 0.25) is 0 Å². The van der Waals surface area contributed by atoms with Gasteiger partial charge in [0.1, 0.15) is 11.9 Å². The Morgan fingerprint density at radius 2 is 2.09 bits per heavy atom. The van der Waals surface area contributed by atoms with Gasteiger partial charge in [-0.3, -0.25) is 0 Å². The van der Waals surface area contributed by atoms with Crippen LogP contribution in [0.15, 0.2) is 18.2 Å². The van der Waals surface area contributed by atoms with Gasteiger partial charge in [-0.15, -0.1) is 0 Å². The standard InChI is InChI=1S/C18H24Cl2O3/c1-12-8-14(19)9-16(23-20)17(12)13(2)10-18(22-4)7-5-6-15(11-18)21-3/h8-10,15H,5-7,11H2,1-4H3/b13-10+. The minimum Gasteiger partial charge on any atom is -0.385 e. The first-order chi connectivity index (χ1) is 10.9. The lowest BCUT2D eigenvalue weighted by atomic mass is 9.80. The van der Waals surface area contributed by atoms with Crippen molar-refractivity contribution >= 4 is 29.0 Å². The highest BCUT2D eigenvalue weighted by molar-refractivity contribution is 6.31. The second-order valence-electron chi connectivity index (χ2n) is 6.22. The predicted molar refractivity (Wildman–Crippen MR) is 95.3 cm³/mol. The molecular weight excluding hydrogens is 335 g/mol. The number of rotatable bonds is 5. The van der Waals surface area contributed by atoms with Crippen molar-refractivity contribution in [1.29, 1.82) is 0 Å². The van der Waals surface area contributed by atoms with E-state index >= 15 is 0 Å². The number of allylic oxidation sites excluding steroid dienone is 1. The number of halogens is 2. The maximum atomic E-state index is 6.09. The average molecular weight is 359 g/mol. The summed E-state index contributed by atoms with van der Waals surface area (Å²) in [5, 5.41) is 0.605. The van der Waals surface area contributed by atoms with Crippen LogP contribution in [0.5, 0.6) is 5.75 Å². The van der Waals surface area contributed by atoms with Gasteiger partial charge in [0.15, 0.2) is 5.75 Å². The van der Waals surface area contributed by atoms with Crippen molar-refractivity contribution in [2.24, 2.45) is 0 Å². The highest BCUT2D eigenvalue weighted by atomic mass is 35.5. The van der Waals surface area contributed by atoms with Gasteiger partial charge in [0.05, 0.1) is 11.7 Å². The average Bonchev–Trinajstić information content (AvgIpc) is 2.53. The molecule has 1 fully saturated rings. The van der Waals surface area contributed by atoms with E-state index in [1.54, 1.807) is 20.3 Å². The number of aryl methyl sites for hydroxylation is 1. The fourth-order valence-corrected chi connectivity index (χ4v) is 3.92. The molecule has 0 radical (unpaired) electrons. The summed E-state index contributed by atoms with van der Waals surface area (Å²) in [6.07, 6.45) is 6.38. The van der Waals surface area contributed by atoms with Gasteiger partial charge in [0, 0.05) is 37.3 Å². The summed E-state index contributed by atoms with van der Waals surface area (Å²) in [4.78, 5) is 0. The van der Waals surface area contributed by atoms with E-state index in [9.17, 15) is 0 Å². The molecule has 128 valence electrons. The normalized spacial score (nSPS) is 25.5. The van der Waals surface area contributed by atoms with Crippen molar-refractivity contribution in [2.45, 2.75) is 51.2 Å². The molecular formula is C18H24Cl2O3. The molecule has 2 unspecified atom stereocenters. The van der Waals surface area contributed by atoms with Crippen LogP contribution in [0.3, 0.4) is 0 Å². The van der Waals surface area contributed by atoms with E-state index in [-0.39, 0.29) is 11.7 Å². The lowest BCUT2D eigenvalue weighted by Gasteiger charge is -2.37. The number of hydrogen-bond donors (Lipinski definition) is 0. The molecule has 1 aromatic carbocycles. The Morgan fingerprint density at radius 1 is 1.35 bits per heavy atom. The Morgan fingerprint density at radius 3 is 2.70 bits per heavy atom. The fraction of sp³-hybridized carbons (Fsp3) is 0.556. The Hall–Kier alpha value is -0.740.